The topological polar surface area (TPSA) is 58.1 Å². The number of nitrogens with zero attached hydrogens (tertiary/aromatic N) is 2. The van der Waals surface area contributed by atoms with Gasteiger partial charge in [-0.05, 0) is 25.2 Å². The van der Waals surface area contributed by atoms with Crippen molar-refractivity contribution in [1.29, 1.82) is 0 Å². The smallest absolute Gasteiger partial charge is 0.191 e. The summed E-state index contributed by atoms with van der Waals surface area (Å²) in [5, 5.41) is 6.92. The van der Waals surface area contributed by atoms with E-state index in [1.54, 1.807) is 0 Å². The van der Waals surface area contributed by atoms with Crippen LogP contribution in [0, 0.1) is 11.8 Å². The van der Waals surface area contributed by atoms with E-state index < -0.39 is 0 Å². The lowest BCUT2D eigenvalue weighted by molar-refractivity contribution is 0.00750. The van der Waals surface area contributed by atoms with Crippen LogP contribution in [0.4, 0.5) is 0 Å². The first kappa shape index (κ1) is 22.2. The maximum atomic E-state index is 5.81. The molecule has 0 aliphatic carbocycles. The fourth-order valence-electron chi connectivity index (χ4n) is 3.27. The standard InChI is InChI=1S/C19H40N4O2/c1-7-25-18(16(4)5)8-9-21-19(20-6)22-14-17(15(2)3)23-10-12-24-13-11-23/h15-18H,7-14H2,1-6H3,(H2,20,21,22). The summed E-state index contributed by atoms with van der Waals surface area (Å²) in [6.07, 6.45) is 1.29. The van der Waals surface area contributed by atoms with E-state index in [2.05, 4.69) is 55.1 Å². The molecule has 0 aromatic carbocycles. The zero-order valence-corrected chi connectivity index (χ0v) is 17.2. The van der Waals surface area contributed by atoms with Crippen molar-refractivity contribution in [2.24, 2.45) is 16.8 Å². The maximum absolute atomic E-state index is 5.81. The predicted molar refractivity (Wildman–Crippen MR) is 105 cm³/mol. The zero-order chi connectivity index (χ0) is 18.7. The highest BCUT2D eigenvalue weighted by Gasteiger charge is 2.23. The second-order valence-corrected chi connectivity index (χ2v) is 7.37. The zero-order valence-electron chi connectivity index (χ0n) is 17.2. The van der Waals surface area contributed by atoms with Crippen LogP contribution in [0.2, 0.25) is 0 Å². The number of guanidine groups is 1. The van der Waals surface area contributed by atoms with Crippen LogP contribution in [0.5, 0.6) is 0 Å². The minimum Gasteiger partial charge on any atom is -0.379 e. The van der Waals surface area contributed by atoms with Crippen LogP contribution in [0.3, 0.4) is 0 Å². The molecule has 0 saturated carbocycles. The number of hydrogen-bond donors (Lipinski definition) is 2. The molecule has 1 rings (SSSR count). The summed E-state index contributed by atoms with van der Waals surface area (Å²) < 4.78 is 11.3. The van der Waals surface area contributed by atoms with Gasteiger partial charge >= 0.3 is 0 Å². The summed E-state index contributed by atoms with van der Waals surface area (Å²) >= 11 is 0. The minimum absolute atomic E-state index is 0.298. The molecule has 1 aliphatic rings. The van der Waals surface area contributed by atoms with Crippen LogP contribution in [-0.2, 0) is 9.47 Å². The predicted octanol–water partition coefficient (Wildman–Crippen LogP) is 1.96. The number of rotatable bonds is 10. The van der Waals surface area contributed by atoms with E-state index in [1.165, 1.54) is 0 Å². The molecule has 0 bridgehead atoms. The monoisotopic (exact) mass is 356 g/mol. The quantitative estimate of drug-likeness (QED) is 0.463. The lowest BCUT2D eigenvalue weighted by Crippen LogP contribution is -2.52. The SMILES string of the molecule is CCOC(CCNC(=NC)NCC(C(C)C)N1CCOCC1)C(C)C. The van der Waals surface area contributed by atoms with Crippen molar-refractivity contribution in [2.45, 2.75) is 53.2 Å². The average Bonchev–Trinajstić information content (AvgIpc) is 2.60. The number of hydrogen-bond acceptors (Lipinski definition) is 4. The molecule has 1 saturated heterocycles. The molecular formula is C19H40N4O2. The highest BCUT2D eigenvalue weighted by atomic mass is 16.5. The third-order valence-corrected chi connectivity index (χ3v) is 4.83. The Morgan fingerprint density at radius 2 is 1.80 bits per heavy atom. The van der Waals surface area contributed by atoms with Gasteiger partial charge < -0.3 is 20.1 Å². The fraction of sp³-hybridized carbons (Fsp3) is 0.947. The Kier molecular flexibility index (Phi) is 11.1. The van der Waals surface area contributed by atoms with Gasteiger partial charge in [0.1, 0.15) is 0 Å². The molecule has 0 amide bonds. The number of morpholine rings is 1. The van der Waals surface area contributed by atoms with Gasteiger partial charge in [-0.2, -0.15) is 0 Å². The Morgan fingerprint density at radius 3 is 2.32 bits per heavy atom. The molecule has 25 heavy (non-hydrogen) atoms. The molecule has 6 heteroatoms. The minimum atomic E-state index is 0.298. The first-order valence-corrected chi connectivity index (χ1v) is 9.87. The summed E-state index contributed by atoms with van der Waals surface area (Å²) in [5.41, 5.74) is 0. The van der Waals surface area contributed by atoms with Gasteiger partial charge in [-0.25, -0.2) is 0 Å². The second-order valence-electron chi connectivity index (χ2n) is 7.37. The fourth-order valence-corrected chi connectivity index (χ4v) is 3.27. The number of nitrogens with one attached hydrogen (secondary N) is 2. The van der Waals surface area contributed by atoms with Gasteiger partial charge in [-0.15, -0.1) is 0 Å². The third-order valence-electron chi connectivity index (χ3n) is 4.83. The van der Waals surface area contributed by atoms with E-state index in [-0.39, 0.29) is 0 Å². The molecule has 1 aliphatic heterocycles. The van der Waals surface area contributed by atoms with Crippen LogP contribution in [0.1, 0.15) is 41.0 Å². The van der Waals surface area contributed by atoms with Crippen molar-refractivity contribution in [3.8, 4) is 0 Å². The van der Waals surface area contributed by atoms with Crippen molar-refractivity contribution < 1.29 is 9.47 Å². The van der Waals surface area contributed by atoms with Gasteiger partial charge in [0.2, 0.25) is 0 Å². The first-order chi connectivity index (χ1) is 12.0. The van der Waals surface area contributed by atoms with Crippen molar-refractivity contribution in [3.05, 3.63) is 0 Å². The van der Waals surface area contributed by atoms with Crippen molar-refractivity contribution in [1.82, 2.24) is 15.5 Å². The van der Waals surface area contributed by atoms with Crippen molar-refractivity contribution >= 4 is 5.96 Å². The Balaban J connectivity index is 2.41. The number of aliphatic imine (C=N–C) groups is 1. The van der Waals surface area contributed by atoms with E-state index in [0.717, 1.165) is 58.4 Å². The van der Waals surface area contributed by atoms with E-state index in [1.807, 2.05) is 7.05 Å². The second kappa shape index (κ2) is 12.5. The van der Waals surface area contributed by atoms with Crippen LogP contribution >= 0.6 is 0 Å². The molecule has 1 fully saturated rings. The Hall–Kier alpha value is -0.850. The largest absolute Gasteiger partial charge is 0.379 e. The molecule has 2 unspecified atom stereocenters. The Labute approximate surface area is 154 Å². The van der Waals surface area contributed by atoms with Gasteiger partial charge in [0.15, 0.2) is 5.96 Å². The molecule has 2 atom stereocenters. The van der Waals surface area contributed by atoms with E-state index in [9.17, 15) is 0 Å². The maximum Gasteiger partial charge on any atom is 0.191 e. The van der Waals surface area contributed by atoms with Gasteiger partial charge in [0.05, 0.1) is 19.3 Å². The van der Waals surface area contributed by atoms with Crippen LogP contribution < -0.4 is 10.6 Å². The molecule has 2 N–H and O–H groups in total. The summed E-state index contributed by atoms with van der Waals surface area (Å²) in [6.45, 7) is 17.3. The Morgan fingerprint density at radius 1 is 1.12 bits per heavy atom. The van der Waals surface area contributed by atoms with Gasteiger partial charge in [0, 0.05) is 45.9 Å². The molecule has 0 radical (unpaired) electrons. The molecule has 0 aromatic heterocycles. The summed E-state index contributed by atoms with van der Waals surface area (Å²) in [5.74, 6) is 1.99. The normalized spacial score (nSPS) is 19.3. The molecule has 6 nitrogen and oxygen atoms in total. The van der Waals surface area contributed by atoms with Crippen molar-refractivity contribution in [3.63, 3.8) is 0 Å². The Bertz CT molecular complexity index is 368. The first-order valence-electron chi connectivity index (χ1n) is 9.87. The average molecular weight is 357 g/mol. The van der Waals surface area contributed by atoms with Crippen LogP contribution in [0.15, 0.2) is 4.99 Å². The number of ether oxygens (including phenoxy) is 2. The van der Waals surface area contributed by atoms with E-state index >= 15 is 0 Å². The van der Waals surface area contributed by atoms with E-state index in [0.29, 0.717) is 24.0 Å². The molecular weight excluding hydrogens is 316 g/mol. The van der Waals surface area contributed by atoms with Crippen molar-refractivity contribution in [2.75, 3.05) is 53.0 Å². The van der Waals surface area contributed by atoms with Crippen LogP contribution in [0.25, 0.3) is 0 Å². The summed E-state index contributed by atoms with van der Waals surface area (Å²) in [4.78, 5) is 6.89. The van der Waals surface area contributed by atoms with Crippen LogP contribution in [-0.4, -0.2) is 76.1 Å². The summed E-state index contributed by atoms with van der Waals surface area (Å²) in [6, 6.07) is 0.495. The molecule has 148 valence electrons. The third kappa shape index (κ3) is 8.38. The van der Waals surface area contributed by atoms with E-state index in [4.69, 9.17) is 9.47 Å². The molecule has 0 aromatic rings. The van der Waals surface area contributed by atoms with Gasteiger partial charge in [-0.1, -0.05) is 27.7 Å². The molecule has 1 heterocycles. The molecule has 0 spiro atoms. The highest BCUT2D eigenvalue weighted by Crippen LogP contribution is 2.12. The van der Waals surface area contributed by atoms with Gasteiger partial charge in [0.25, 0.3) is 0 Å². The lowest BCUT2D eigenvalue weighted by atomic mass is 10.0. The lowest BCUT2D eigenvalue weighted by Gasteiger charge is -2.37. The highest BCUT2D eigenvalue weighted by molar-refractivity contribution is 5.79. The summed E-state index contributed by atoms with van der Waals surface area (Å²) in [7, 11) is 1.83. The van der Waals surface area contributed by atoms with Gasteiger partial charge in [-0.3, -0.25) is 9.89 Å².